The Kier molecular flexibility index (Phi) is 3.57. The van der Waals surface area contributed by atoms with Gasteiger partial charge in [0.15, 0.2) is 12.5 Å². The number of hydrogen-bond acceptors (Lipinski definition) is 4. The molecule has 0 aromatic carbocycles. The van der Waals surface area contributed by atoms with Crippen LogP contribution in [-0.2, 0) is 14.3 Å². The van der Waals surface area contributed by atoms with Gasteiger partial charge in [0.05, 0.1) is 5.60 Å². The number of carbonyl (C=O) groups excluding carboxylic acids is 1. The summed E-state index contributed by atoms with van der Waals surface area (Å²) in [4.78, 5) is 13.6. The lowest BCUT2D eigenvalue weighted by Crippen LogP contribution is -2.39. The van der Waals surface area contributed by atoms with Crippen molar-refractivity contribution in [1.29, 1.82) is 0 Å². The van der Waals surface area contributed by atoms with Gasteiger partial charge in [-0.3, -0.25) is 9.69 Å². The number of Topliss-reactive ketones (excluding diaryl/α,β-unsaturated/α-hetero) is 1. The zero-order valence-corrected chi connectivity index (χ0v) is 11.2. The first-order valence-electron chi connectivity index (χ1n) is 6.44. The van der Waals surface area contributed by atoms with Gasteiger partial charge in [0.25, 0.3) is 0 Å². The van der Waals surface area contributed by atoms with Crippen LogP contribution < -0.4 is 0 Å². The average Bonchev–Trinajstić information content (AvgIpc) is 2.94. The maximum Gasteiger partial charge on any atom is 0.200 e. The van der Waals surface area contributed by atoms with Crippen molar-refractivity contribution >= 4 is 5.78 Å². The average molecular weight is 241 g/mol. The van der Waals surface area contributed by atoms with Gasteiger partial charge >= 0.3 is 0 Å². The van der Waals surface area contributed by atoms with Crippen LogP contribution in [0.15, 0.2) is 0 Å². The van der Waals surface area contributed by atoms with Gasteiger partial charge < -0.3 is 9.47 Å². The van der Waals surface area contributed by atoms with Crippen molar-refractivity contribution in [1.82, 2.24) is 4.90 Å². The molecule has 2 fully saturated rings. The Morgan fingerprint density at radius 3 is 2.35 bits per heavy atom. The highest BCUT2D eigenvalue weighted by Crippen LogP contribution is 2.33. The number of epoxide rings is 1. The van der Waals surface area contributed by atoms with Gasteiger partial charge in [-0.2, -0.15) is 0 Å². The number of rotatable bonds is 3. The predicted molar refractivity (Wildman–Crippen MR) is 64.5 cm³/mol. The molecule has 4 heteroatoms. The maximum absolute atomic E-state index is 11.3. The topological polar surface area (TPSA) is 42.1 Å². The van der Waals surface area contributed by atoms with Crippen LogP contribution in [0.2, 0.25) is 0 Å². The number of hydrogen-bond donors (Lipinski definition) is 0. The molecule has 0 N–H and O–H groups in total. The molecule has 0 bridgehead atoms. The predicted octanol–water partition coefficient (Wildman–Crippen LogP) is 1.78. The largest absolute Gasteiger partial charge is 0.343 e. The van der Waals surface area contributed by atoms with E-state index < -0.39 is 0 Å². The quantitative estimate of drug-likeness (QED) is 0.706. The minimum atomic E-state index is -0.156. The Bertz CT molecular complexity index is 290. The van der Waals surface area contributed by atoms with Gasteiger partial charge in [-0.15, -0.1) is 0 Å². The first-order chi connectivity index (χ1) is 7.87. The summed E-state index contributed by atoms with van der Waals surface area (Å²) in [5.41, 5.74) is -0.156. The summed E-state index contributed by atoms with van der Waals surface area (Å²) >= 11 is 0. The van der Waals surface area contributed by atoms with E-state index in [1.54, 1.807) is 6.92 Å². The fourth-order valence-electron chi connectivity index (χ4n) is 2.35. The van der Waals surface area contributed by atoms with Gasteiger partial charge in [-0.05, 0) is 40.5 Å². The summed E-state index contributed by atoms with van der Waals surface area (Å²) in [7, 11) is 0. The number of ether oxygens (including phenoxy) is 2. The molecule has 0 spiro atoms. The second-order valence-electron chi connectivity index (χ2n) is 6.05. The Balaban J connectivity index is 1.75. The van der Waals surface area contributed by atoms with Gasteiger partial charge in [0, 0.05) is 19.0 Å². The molecule has 2 rings (SSSR count). The summed E-state index contributed by atoms with van der Waals surface area (Å²) < 4.78 is 11.3. The van der Waals surface area contributed by atoms with Crippen LogP contribution in [-0.4, -0.2) is 41.9 Å². The van der Waals surface area contributed by atoms with Crippen LogP contribution in [0.1, 0.15) is 40.5 Å². The first-order valence-corrected chi connectivity index (χ1v) is 6.44. The number of piperidine rings is 1. The summed E-state index contributed by atoms with van der Waals surface area (Å²) in [6, 6.07) is 0. The molecule has 2 unspecified atom stereocenters. The highest BCUT2D eigenvalue weighted by atomic mass is 16.8. The Morgan fingerprint density at radius 2 is 1.88 bits per heavy atom. The summed E-state index contributed by atoms with van der Waals surface area (Å²) in [5.74, 6) is 0.579. The second-order valence-corrected chi connectivity index (χ2v) is 6.05. The van der Waals surface area contributed by atoms with Crippen molar-refractivity contribution < 1.29 is 14.3 Å². The number of nitrogens with zero attached hydrogens (tertiary/aromatic N) is 1. The van der Waals surface area contributed by atoms with E-state index in [2.05, 4.69) is 4.90 Å². The van der Waals surface area contributed by atoms with Crippen molar-refractivity contribution in [2.45, 2.75) is 58.7 Å². The van der Waals surface area contributed by atoms with Gasteiger partial charge in [0.2, 0.25) is 0 Å². The molecule has 0 saturated carbocycles. The number of likely N-dealkylation sites (tertiary alicyclic amines) is 1. The smallest absolute Gasteiger partial charge is 0.200 e. The van der Waals surface area contributed by atoms with E-state index in [0.29, 0.717) is 5.78 Å². The summed E-state index contributed by atoms with van der Waals surface area (Å²) in [5, 5.41) is 0. The first kappa shape index (κ1) is 13.0. The van der Waals surface area contributed by atoms with Crippen molar-refractivity contribution in [3.05, 3.63) is 0 Å². The molecule has 98 valence electrons. The molecule has 2 aliphatic rings. The molecule has 4 nitrogen and oxygen atoms in total. The molecule has 2 heterocycles. The van der Waals surface area contributed by atoms with Crippen LogP contribution in [0.4, 0.5) is 0 Å². The highest BCUT2D eigenvalue weighted by molar-refractivity contribution is 5.78. The Morgan fingerprint density at radius 1 is 1.29 bits per heavy atom. The molecular weight excluding hydrogens is 218 g/mol. The zero-order chi connectivity index (χ0) is 12.6. The Hall–Kier alpha value is -0.450. The molecule has 0 aromatic rings. The lowest BCUT2D eigenvalue weighted by atomic mass is 9.93. The third-order valence-electron chi connectivity index (χ3n) is 3.36. The van der Waals surface area contributed by atoms with Crippen LogP contribution in [0.25, 0.3) is 0 Å². The highest BCUT2D eigenvalue weighted by Gasteiger charge is 2.47. The molecule has 0 aliphatic carbocycles. The van der Waals surface area contributed by atoms with E-state index in [-0.39, 0.29) is 24.0 Å². The van der Waals surface area contributed by atoms with Crippen LogP contribution in [0, 0.1) is 5.92 Å². The van der Waals surface area contributed by atoms with Crippen molar-refractivity contribution in [2.24, 2.45) is 5.92 Å². The summed E-state index contributed by atoms with van der Waals surface area (Å²) in [6.07, 6.45) is 1.94. The van der Waals surface area contributed by atoms with Crippen molar-refractivity contribution in [3.63, 3.8) is 0 Å². The molecule has 0 amide bonds. The molecule has 17 heavy (non-hydrogen) atoms. The molecule has 2 aliphatic heterocycles. The van der Waals surface area contributed by atoms with Crippen LogP contribution in [0.3, 0.4) is 0 Å². The monoisotopic (exact) mass is 241 g/mol. The lowest BCUT2D eigenvalue weighted by Gasteiger charge is -2.29. The van der Waals surface area contributed by atoms with E-state index in [9.17, 15) is 4.79 Å². The minimum Gasteiger partial charge on any atom is -0.343 e. The Labute approximate surface area is 103 Å². The van der Waals surface area contributed by atoms with Crippen LogP contribution >= 0.6 is 0 Å². The van der Waals surface area contributed by atoms with E-state index in [1.807, 2.05) is 20.8 Å². The third kappa shape index (κ3) is 3.50. The zero-order valence-electron chi connectivity index (χ0n) is 11.2. The van der Waals surface area contributed by atoms with E-state index in [0.717, 1.165) is 25.9 Å². The molecule has 2 atom stereocenters. The number of ketones is 1. The fraction of sp³-hybridized carbons (Fsp3) is 0.923. The van der Waals surface area contributed by atoms with E-state index >= 15 is 0 Å². The second kappa shape index (κ2) is 4.67. The van der Waals surface area contributed by atoms with E-state index in [1.165, 1.54) is 0 Å². The maximum atomic E-state index is 11.3. The SMILES string of the molecule is CC(=O)C1CCN(C2OC2OC(C)(C)C)CC1. The van der Waals surface area contributed by atoms with Crippen LogP contribution in [0.5, 0.6) is 0 Å². The molecule has 2 saturated heterocycles. The van der Waals surface area contributed by atoms with E-state index in [4.69, 9.17) is 9.47 Å². The third-order valence-corrected chi connectivity index (χ3v) is 3.36. The lowest BCUT2D eigenvalue weighted by molar-refractivity contribution is -0.122. The molecule has 0 radical (unpaired) electrons. The van der Waals surface area contributed by atoms with Gasteiger partial charge in [-0.25, -0.2) is 0 Å². The van der Waals surface area contributed by atoms with Gasteiger partial charge in [0.1, 0.15) is 5.78 Å². The molecule has 0 aromatic heterocycles. The van der Waals surface area contributed by atoms with Crippen molar-refractivity contribution in [2.75, 3.05) is 13.1 Å². The standard InChI is InChI=1S/C13H23NO3/c1-9(15)10-5-7-14(8-6-10)11-12(16-11)17-13(2,3)4/h10-12H,5-8H2,1-4H3. The molecular formula is C13H23NO3. The summed E-state index contributed by atoms with van der Waals surface area (Å²) in [6.45, 7) is 9.69. The van der Waals surface area contributed by atoms with Gasteiger partial charge in [-0.1, -0.05) is 0 Å². The fourth-order valence-corrected chi connectivity index (χ4v) is 2.35. The number of carbonyl (C=O) groups is 1. The normalized spacial score (nSPS) is 31.5. The minimum absolute atomic E-state index is 0.0797. The van der Waals surface area contributed by atoms with Crippen molar-refractivity contribution in [3.8, 4) is 0 Å².